The number of nitrogens with one attached hydrogen (secondary N) is 2. The molecule has 1 saturated carbocycles. The van der Waals surface area contributed by atoms with Gasteiger partial charge in [-0.25, -0.2) is 0 Å². The Hall–Kier alpha value is -3.15. The fourth-order valence-electron chi connectivity index (χ4n) is 3.98. The first-order valence-electron chi connectivity index (χ1n) is 9.72. The topological polar surface area (TPSA) is 88.7 Å². The normalized spacial score (nSPS) is 25.9. The van der Waals surface area contributed by atoms with E-state index in [9.17, 15) is 10.1 Å². The van der Waals surface area contributed by atoms with E-state index in [-0.39, 0.29) is 17.9 Å². The van der Waals surface area contributed by atoms with E-state index >= 15 is 0 Å². The Labute approximate surface area is 165 Å². The van der Waals surface area contributed by atoms with E-state index in [4.69, 9.17) is 5.26 Å². The third-order valence-corrected chi connectivity index (χ3v) is 5.79. The van der Waals surface area contributed by atoms with Crippen LogP contribution in [-0.2, 0) is 4.79 Å². The quantitative estimate of drug-likeness (QED) is 0.865. The van der Waals surface area contributed by atoms with Crippen LogP contribution in [0.15, 0.2) is 48.5 Å². The van der Waals surface area contributed by atoms with Crippen molar-refractivity contribution in [2.24, 2.45) is 0 Å². The molecule has 140 valence electrons. The average molecular weight is 370 g/mol. The molecule has 0 radical (unpaired) electrons. The van der Waals surface area contributed by atoms with Crippen LogP contribution < -0.4 is 10.6 Å². The second kappa shape index (κ2) is 7.46. The summed E-state index contributed by atoms with van der Waals surface area (Å²) in [5.74, 6) is -0.0296. The Balaban J connectivity index is 1.45. The van der Waals surface area contributed by atoms with Gasteiger partial charge in [-0.2, -0.15) is 10.5 Å². The van der Waals surface area contributed by atoms with Gasteiger partial charge in [-0.3, -0.25) is 4.79 Å². The van der Waals surface area contributed by atoms with E-state index in [1.54, 1.807) is 12.1 Å². The fourth-order valence-corrected chi connectivity index (χ4v) is 3.98. The van der Waals surface area contributed by atoms with E-state index in [1.165, 1.54) is 0 Å². The van der Waals surface area contributed by atoms with Gasteiger partial charge in [0.25, 0.3) is 0 Å². The molecule has 5 heteroatoms. The molecule has 0 aromatic heterocycles. The van der Waals surface area contributed by atoms with Crippen LogP contribution in [0.25, 0.3) is 11.1 Å². The number of nitrogens with zero attached hydrogens (tertiary/aromatic N) is 2. The van der Waals surface area contributed by atoms with Crippen molar-refractivity contribution in [1.29, 1.82) is 10.5 Å². The maximum atomic E-state index is 12.5. The largest absolute Gasteiger partial charge is 0.336 e. The molecule has 2 aromatic carbocycles. The highest BCUT2D eigenvalue weighted by atomic mass is 16.2. The van der Waals surface area contributed by atoms with Crippen LogP contribution in [-0.4, -0.2) is 24.0 Å². The van der Waals surface area contributed by atoms with Crippen molar-refractivity contribution in [2.45, 2.75) is 43.2 Å². The predicted octanol–water partition coefficient (Wildman–Crippen LogP) is 3.23. The Morgan fingerprint density at radius 2 is 1.71 bits per heavy atom. The third kappa shape index (κ3) is 3.50. The highest BCUT2D eigenvalue weighted by Gasteiger charge is 2.57. The van der Waals surface area contributed by atoms with Gasteiger partial charge < -0.3 is 10.6 Å². The lowest BCUT2D eigenvalue weighted by atomic mass is 9.99. The van der Waals surface area contributed by atoms with Gasteiger partial charge in [0.15, 0.2) is 0 Å². The van der Waals surface area contributed by atoms with Crippen molar-refractivity contribution in [1.82, 2.24) is 10.6 Å². The summed E-state index contributed by atoms with van der Waals surface area (Å²) in [7, 11) is 0. The molecule has 4 rings (SSSR count). The highest BCUT2D eigenvalue weighted by Crippen LogP contribution is 2.51. The van der Waals surface area contributed by atoms with Gasteiger partial charge in [-0.05, 0) is 54.6 Å². The number of carbonyl (C=O) groups is 1. The minimum atomic E-state index is -0.786. The van der Waals surface area contributed by atoms with Gasteiger partial charge in [-0.1, -0.05) is 42.8 Å². The summed E-state index contributed by atoms with van der Waals surface area (Å²) in [5, 5.41) is 24.9. The lowest BCUT2D eigenvalue weighted by molar-refractivity contribution is -0.124. The van der Waals surface area contributed by atoms with Crippen LogP contribution >= 0.6 is 0 Å². The Kier molecular flexibility index (Phi) is 4.86. The summed E-state index contributed by atoms with van der Waals surface area (Å²) in [6.07, 6.45) is 3.63. The zero-order chi connectivity index (χ0) is 19.6. The summed E-state index contributed by atoms with van der Waals surface area (Å²) in [6.45, 7) is 0.859. The van der Waals surface area contributed by atoms with E-state index in [2.05, 4.69) is 22.8 Å². The standard InChI is InChI=1S/C23H22N4O/c24-14-16-4-6-17(7-5-16)18-8-10-19(11-9-18)20-13-23(20,15-25)27-22(28)21-3-1-2-12-26-21/h4-11,20-21,26H,1-3,12-13H2,(H,27,28)/t20-,21+,23+/m1/s1. The van der Waals surface area contributed by atoms with E-state index < -0.39 is 5.54 Å². The second-order valence-corrected chi connectivity index (χ2v) is 7.64. The first-order chi connectivity index (χ1) is 13.6. The lowest BCUT2D eigenvalue weighted by Crippen LogP contribution is -2.50. The molecule has 2 aliphatic rings. The van der Waals surface area contributed by atoms with Crippen LogP contribution in [0.4, 0.5) is 0 Å². The molecular formula is C23H22N4O. The molecule has 1 saturated heterocycles. The maximum absolute atomic E-state index is 12.5. The number of carbonyl (C=O) groups excluding carboxylic acids is 1. The molecule has 1 amide bonds. The van der Waals surface area contributed by atoms with Crippen LogP contribution in [0.5, 0.6) is 0 Å². The molecule has 2 N–H and O–H groups in total. The van der Waals surface area contributed by atoms with E-state index in [1.807, 2.05) is 36.4 Å². The Bertz CT molecular complexity index is 946. The molecule has 5 nitrogen and oxygen atoms in total. The monoisotopic (exact) mass is 370 g/mol. The number of rotatable bonds is 4. The van der Waals surface area contributed by atoms with Gasteiger partial charge in [-0.15, -0.1) is 0 Å². The van der Waals surface area contributed by atoms with Gasteiger partial charge in [0.1, 0.15) is 5.54 Å². The van der Waals surface area contributed by atoms with Crippen molar-refractivity contribution in [2.75, 3.05) is 6.54 Å². The van der Waals surface area contributed by atoms with Crippen LogP contribution in [0.2, 0.25) is 0 Å². The Morgan fingerprint density at radius 3 is 2.29 bits per heavy atom. The van der Waals surface area contributed by atoms with Gasteiger partial charge in [0, 0.05) is 5.92 Å². The summed E-state index contributed by atoms with van der Waals surface area (Å²) in [6, 6.07) is 19.9. The smallest absolute Gasteiger partial charge is 0.238 e. The zero-order valence-electron chi connectivity index (χ0n) is 15.6. The minimum Gasteiger partial charge on any atom is -0.336 e. The molecule has 3 atom stereocenters. The highest BCUT2D eigenvalue weighted by molar-refractivity contribution is 5.84. The fraction of sp³-hybridized carbons (Fsp3) is 0.348. The molecule has 0 unspecified atom stereocenters. The van der Waals surface area contributed by atoms with E-state index in [0.717, 1.165) is 42.5 Å². The second-order valence-electron chi connectivity index (χ2n) is 7.64. The van der Waals surface area contributed by atoms with Gasteiger partial charge in [0.2, 0.25) is 5.91 Å². The van der Waals surface area contributed by atoms with Gasteiger partial charge in [0.05, 0.1) is 23.7 Å². The Morgan fingerprint density at radius 1 is 1.04 bits per heavy atom. The first kappa shape index (κ1) is 18.2. The summed E-state index contributed by atoms with van der Waals surface area (Å²) in [4.78, 5) is 12.5. The number of hydrogen-bond acceptors (Lipinski definition) is 4. The van der Waals surface area contributed by atoms with Crippen LogP contribution in [0.3, 0.4) is 0 Å². The molecule has 1 heterocycles. The molecule has 2 fully saturated rings. The van der Waals surface area contributed by atoms with Crippen molar-refractivity contribution >= 4 is 5.91 Å². The van der Waals surface area contributed by atoms with Crippen molar-refractivity contribution in [3.8, 4) is 23.3 Å². The molecular weight excluding hydrogens is 348 g/mol. The van der Waals surface area contributed by atoms with Gasteiger partial charge >= 0.3 is 0 Å². The third-order valence-electron chi connectivity index (χ3n) is 5.79. The van der Waals surface area contributed by atoms with Crippen molar-refractivity contribution in [3.05, 3.63) is 59.7 Å². The SMILES string of the molecule is N#Cc1ccc(-c2ccc([C@H]3C[C@@]3(C#N)NC(=O)[C@@H]3CCCCN3)cc2)cc1. The summed E-state index contributed by atoms with van der Waals surface area (Å²) >= 11 is 0. The number of hydrogen-bond donors (Lipinski definition) is 2. The molecule has 0 spiro atoms. The number of piperidine rings is 1. The van der Waals surface area contributed by atoms with E-state index in [0.29, 0.717) is 12.0 Å². The first-order valence-corrected chi connectivity index (χ1v) is 9.72. The lowest BCUT2D eigenvalue weighted by Gasteiger charge is -2.24. The zero-order valence-corrected chi connectivity index (χ0v) is 15.6. The van der Waals surface area contributed by atoms with Crippen LogP contribution in [0, 0.1) is 22.7 Å². The molecule has 1 aliphatic carbocycles. The van der Waals surface area contributed by atoms with Crippen molar-refractivity contribution < 1.29 is 4.79 Å². The van der Waals surface area contributed by atoms with Crippen molar-refractivity contribution in [3.63, 3.8) is 0 Å². The molecule has 0 bridgehead atoms. The summed E-state index contributed by atoms with van der Waals surface area (Å²) < 4.78 is 0. The molecule has 1 aliphatic heterocycles. The number of nitriles is 2. The predicted molar refractivity (Wildman–Crippen MR) is 106 cm³/mol. The minimum absolute atomic E-state index is 0.0278. The maximum Gasteiger partial charge on any atom is 0.238 e. The average Bonchev–Trinajstić information content (AvgIpc) is 3.49. The number of benzene rings is 2. The summed E-state index contributed by atoms with van der Waals surface area (Å²) in [5.41, 5.74) is 3.03. The molecule has 28 heavy (non-hydrogen) atoms. The number of amides is 1. The molecule has 2 aromatic rings. The van der Waals surface area contributed by atoms with Crippen LogP contribution in [0.1, 0.15) is 42.7 Å².